The lowest BCUT2D eigenvalue weighted by atomic mass is 10.1. The summed E-state index contributed by atoms with van der Waals surface area (Å²) >= 11 is 5.89. The van der Waals surface area contributed by atoms with Crippen LogP contribution < -0.4 is 15.2 Å². The van der Waals surface area contributed by atoms with Gasteiger partial charge in [-0.2, -0.15) is 5.10 Å². The Morgan fingerprint density at radius 3 is 2.61 bits per heavy atom. The molecule has 0 saturated carbocycles. The largest absolute Gasteiger partial charge is 0.492 e. The van der Waals surface area contributed by atoms with Crippen LogP contribution in [0.4, 0.5) is 5.69 Å². The smallest absolute Gasteiger partial charge is 0.268 e. The van der Waals surface area contributed by atoms with E-state index < -0.39 is 0 Å². The minimum absolute atomic E-state index is 0.0242. The number of carbonyl (C=O) groups excluding carboxylic acids is 1. The first-order valence-corrected chi connectivity index (χ1v) is 11.1. The number of amides is 1. The molecule has 1 atom stereocenters. The fraction of sp³-hybridized carbons (Fsp3) is 0.500. The molecule has 1 amide bonds. The van der Waals surface area contributed by atoms with Gasteiger partial charge >= 0.3 is 0 Å². The molecule has 1 aromatic heterocycles. The molecule has 0 N–H and O–H groups in total. The maximum Gasteiger partial charge on any atom is 0.268 e. The fourth-order valence-corrected chi connectivity index (χ4v) is 4.23. The number of aromatic nitrogens is 2. The molecule has 0 radical (unpaired) electrons. The van der Waals surface area contributed by atoms with Crippen molar-refractivity contribution in [2.45, 2.75) is 6.42 Å². The molecule has 2 aromatic rings. The highest BCUT2D eigenvalue weighted by Crippen LogP contribution is 2.24. The molecule has 1 unspecified atom stereocenters. The average molecular weight is 446 g/mol. The SMILES string of the molecule is Cn1ncc(N2CCC(C(=O)N3CCN(CCOc4ccc(Cl)cc4)CC3)C2)cc1=O. The maximum atomic E-state index is 13.0. The van der Waals surface area contributed by atoms with E-state index in [1.165, 1.54) is 4.68 Å². The highest BCUT2D eigenvalue weighted by atomic mass is 35.5. The number of nitrogens with zero attached hydrogens (tertiary/aromatic N) is 5. The van der Waals surface area contributed by atoms with E-state index in [2.05, 4.69) is 14.9 Å². The van der Waals surface area contributed by atoms with Gasteiger partial charge in [-0.15, -0.1) is 0 Å². The van der Waals surface area contributed by atoms with Gasteiger partial charge in [-0.05, 0) is 30.7 Å². The molecule has 0 spiro atoms. The van der Waals surface area contributed by atoms with E-state index in [0.29, 0.717) is 18.2 Å². The number of hydrogen-bond acceptors (Lipinski definition) is 6. The Morgan fingerprint density at radius 1 is 1.16 bits per heavy atom. The van der Waals surface area contributed by atoms with E-state index in [9.17, 15) is 9.59 Å². The molecule has 8 nitrogen and oxygen atoms in total. The molecule has 2 fully saturated rings. The van der Waals surface area contributed by atoms with Crippen molar-refractivity contribution in [3.63, 3.8) is 0 Å². The Morgan fingerprint density at radius 2 is 1.90 bits per heavy atom. The van der Waals surface area contributed by atoms with Crippen LogP contribution in [0.25, 0.3) is 0 Å². The molecular weight excluding hydrogens is 418 g/mol. The monoisotopic (exact) mass is 445 g/mol. The first kappa shape index (κ1) is 21.6. The lowest BCUT2D eigenvalue weighted by molar-refractivity contribution is -0.136. The van der Waals surface area contributed by atoms with Gasteiger partial charge in [0, 0.05) is 63.9 Å². The first-order chi connectivity index (χ1) is 15.0. The van der Waals surface area contributed by atoms with Crippen LogP contribution in [0.1, 0.15) is 6.42 Å². The number of hydrogen-bond donors (Lipinski definition) is 0. The van der Waals surface area contributed by atoms with Crippen LogP contribution in [0.2, 0.25) is 5.02 Å². The van der Waals surface area contributed by atoms with E-state index in [1.807, 2.05) is 29.2 Å². The third kappa shape index (κ3) is 5.37. The van der Waals surface area contributed by atoms with Crippen LogP contribution in [0, 0.1) is 5.92 Å². The summed E-state index contributed by atoms with van der Waals surface area (Å²) < 4.78 is 7.08. The predicted molar refractivity (Wildman–Crippen MR) is 120 cm³/mol. The third-order valence-corrected chi connectivity index (χ3v) is 6.28. The first-order valence-electron chi connectivity index (χ1n) is 10.7. The van der Waals surface area contributed by atoms with Crippen LogP contribution in [0.5, 0.6) is 5.75 Å². The molecule has 0 aliphatic carbocycles. The van der Waals surface area contributed by atoms with E-state index in [1.54, 1.807) is 19.3 Å². The summed E-state index contributed by atoms with van der Waals surface area (Å²) in [5.74, 6) is 1.01. The zero-order valence-electron chi connectivity index (χ0n) is 17.7. The molecule has 0 bridgehead atoms. The quantitative estimate of drug-likeness (QED) is 0.670. The molecule has 3 heterocycles. The molecule has 2 saturated heterocycles. The number of aryl methyl sites for hydroxylation is 1. The summed E-state index contributed by atoms with van der Waals surface area (Å²) in [6, 6.07) is 8.96. The summed E-state index contributed by atoms with van der Waals surface area (Å²) in [5.41, 5.74) is 0.660. The molecule has 1 aromatic carbocycles. The topological polar surface area (TPSA) is 70.9 Å². The third-order valence-electron chi connectivity index (χ3n) is 6.03. The molecular formula is C22H28ClN5O3. The summed E-state index contributed by atoms with van der Waals surface area (Å²) in [6.07, 6.45) is 2.50. The van der Waals surface area contributed by atoms with Gasteiger partial charge in [0.15, 0.2) is 0 Å². The number of halogens is 1. The van der Waals surface area contributed by atoms with Crippen molar-refractivity contribution in [2.75, 3.05) is 57.3 Å². The molecule has 166 valence electrons. The Labute approximate surface area is 186 Å². The van der Waals surface area contributed by atoms with Crippen molar-refractivity contribution < 1.29 is 9.53 Å². The maximum absolute atomic E-state index is 13.0. The summed E-state index contributed by atoms with van der Waals surface area (Å²) in [6.45, 7) is 6.04. The van der Waals surface area contributed by atoms with Gasteiger partial charge in [0.25, 0.3) is 5.56 Å². The van der Waals surface area contributed by atoms with Crippen LogP contribution in [-0.2, 0) is 11.8 Å². The summed E-state index contributed by atoms with van der Waals surface area (Å²) in [7, 11) is 1.63. The number of ether oxygens (including phenoxy) is 1. The van der Waals surface area contributed by atoms with Crippen molar-refractivity contribution in [1.29, 1.82) is 0 Å². The lowest BCUT2D eigenvalue weighted by Gasteiger charge is -2.35. The highest BCUT2D eigenvalue weighted by Gasteiger charge is 2.33. The number of anilines is 1. The fourth-order valence-electron chi connectivity index (χ4n) is 4.10. The number of benzene rings is 1. The Kier molecular flexibility index (Phi) is 6.77. The molecule has 31 heavy (non-hydrogen) atoms. The van der Waals surface area contributed by atoms with Crippen LogP contribution in [0.15, 0.2) is 41.3 Å². The van der Waals surface area contributed by atoms with Crippen LogP contribution >= 0.6 is 11.6 Å². The zero-order chi connectivity index (χ0) is 21.8. The van der Waals surface area contributed by atoms with Gasteiger partial charge in [0.2, 0.25) is 5.91 Å². The van der Waals surface area contributed by atoms with Gasteiger partial charge in [-0.25, -0.2) is 4.68 Å². The average Bonchev–Trinajstić information content (AvgIpc) is 3.27. The van der Waals surface area contributed by atoms with Gasteiger partial charge in [0.1, 0.15) is 12.4 Å². The van der Waals surface area contributed by atoms with Gasteiger partial charge in [-0.3, -0.25) is 14.5 Å². The van der Waals surface area contributed by atoms with E-state index in [4.69, 9.17) is 16.3 Å². The van der Waals surface area contributed by atoms with Crippen molar-refractivity contribution in [3.8, 4) is 5.75 Å². The minimum atomic E-state index is -0.136. The van der Waals surface area contributed by atoms with Crippen LogP contribution in [-0.4, -0.2) is 77.9 Å². The number of carbonyl (C=O) groups is 1. The lowest BCUT2D eigenvalue weighted by Crippen LogP contribution is -2.51. The molecule has 2 aliphatic rings. The predicted octanol–water partition coefficient (Wildman–Crippen LogP) is 1.48. The van der Waals surface area contributed by atoms with Crippen molar-refractivity contribution in [3.05, 3.63) is 51.9 Å². The number of piperazine rings is 1. The second-order valence-corrected chi connectivity index (χ2v) is 8.51. The number of rotatable bonds is 6. The standard InChI is InChI=1S/C22H28ClN5O3/c1-25-21(29)14-19(15-24-25)28-7-6-17(16-28)22(30)27-10-8-26(9-11-27)12-13-31-20-4-2-18(23)3-5-20/h2-5,14-15,17H,6-13,16H2,1H3. The van der Waals surface area contributed by atoms with E-state index in [0.717, 1.165) is 57.1 Å². The van der Waals surface area contributed by atoms with E-state index >= 15 is 0 Å². The minimum Gasteiger partial charge on any atom is -0.492 e. The normalized spacial score (nSPS) is 19.6. The second-order valence-electron chi connectivity index (χ2n) is 8.08. The van der Waals surface area contributed by atoms with Gasteiger partial charge in [0.05, 0.1) is 17.8 Å². The Bertz CT molecular complexity index is 956. The Balaban J connectivity index is 1.21. The summed E-state index contributed by atoms with van der Waals surface area (Å²) in [5, 5.41) is 4.78. The zero-order valence-corrected chi connectivity index (χ0v) is 18.5. The van der Waals surface area contributed by atoms with Gasteiger partial charge in [-0.1, -0.05) is 11.6 Å². The van der Waals surface area contributed by atoms with Gasteiger partial charge < -0.3 is 14.5 Å². The van der Waals surface area contributed by atoms with Crippen molar-refractivity contribution >= 4 is 23.2 Å². The molecule has 9 heteroatoms. The summed E-state index contributed by atoms with van der Waals surface area (Å²) in [4.78, 5) is 31.2. The van der Waals surface area contributed by atoms with Crippen LogP contribution in [0.3, 0.4) is 0 Å². The Hall–Kier alpha value is -2.58. The molecule has 2 aliphatic heterocycles. The van der Waals surface area contributed by atoms with E-state index in [-0.39, 0.29) is 17.4 Å². The van der Waals surface area contributed by atoms with Crippen molar-refractivity contribution in [2.24, 2.45) is 13.0 Å². The van der Waals surface area contributed by atoms with Crippen molar-refractivity contribution in [1.82, 2.24) is 19.6 Å². The molecule has 4 rings (SSSR count). The second kappa shape index (κ2) is 9.70. The highest BCUT2D eigenvalue weighted by molar-refractivity contribution is 6.30.